The molecule has 0 radical (unpaired) electrons. The fourth-order valence-electron chi connectivity index (χ4n) is 1.41. The maximum Gasteiger partial charge on any atom is 1.00 e. The molecule has 1 N–H and O–H groups in total. The number of hydrogen-bond donors (Lipinski definition) is 1. The van der Waals surface area contributed by atoms with Gasteiger partial charge in [-0.3, -0.25) is 15.0 Å². The zero-order valence-corrected chi connectivity index (χ0v) is 12.7. The minimum Gasteiger partial charge on any atom is -0.877 e. The van der Waals surface area contributed by atoms with Gasteiger partial charge >= 0.3 is 51.4 Å². The van der Waals surface area contributed by atoms with Gasteiger partial charge in [0.2, 0.25) is 0 Å². The van der Waals surface area contributed by atoms with Crippen molar-refractivity contribution in [1.82, 2.24) is 5.43 Å². The average Bonchev–Trinajstić information content (AvgIpc) is 2.55. The zero-order valence-electron chi connectivity index (χ0n) is 9.56. The topological polar surface area (TPSA) is 72.5 Å². The van der Waals surface area contributed by atoms with Gasteiger partial charge in [0.25, 0.3) is 11.8 Å². The van der Waals surface area contributed by atoms with Gasteiger partial charge in [0.05, 0.1) is 11.3 Å². The Morgan fingerprint density at radius 3 is 2.29 bits per heavy atom. The summed E-state index contributed by atoms with van der Waals surface area (Å²) in [7, 11) is 0. The number of nitrogens with one attached hydrogen (secondary N) is 1. The Bertz CT molecular complexity index is 482. The molecule has 1 fully saturated rings. The normalized spacial score (nSPS) is 17.0. The second kappa shape index (κ2) is 5.79. The molecule has 0 spiro atoms. The minimum atomic E-state index is -0.666. The molecule has 1 aromatic rings. The molecule has 82 valence electrons. The molecular weight excluding hydrogens is 247 g/mol. The van der Waals surface area contributed by atoms with Crippen molar-refractivity contribution in [3.05, 3.63) is 41.7 Å². The Balaban J connectivity index is 0.00000144. The van der Waals surface area contributed by atoms with E-state index in [1.54, 1.807) is 12.1 Å². The monoisotopic (exact) mass is 256 g/mol. The Labute approximate surface area is 141 Å². The van der Waals surface area contributed by atoms with E-state index >= 15 is 0 Å². The molecule has 0 atom stereocenters. The molecule has 1 saturated heterocycles. The first-order valence-corrected chi connectivity index (χ1v) is 4.67. The van der Waals surface area contributed by atoms with Crippen molar-refractivity contribution in [1.29, 1.82) is 0 Å². The number of carbonyl (C=O) groups is 2. The third-order valence-electron chi connectivity index (χ3n) is 2.30. The third-order valence-corrected chi connectivity index (χ3v) is 2.30. The van der Waals surface area contributed by atoms with Gasteiger partial charge in [-0.25, -0.2) is 5.01 Å². The number of anilines is 1. The van der Waals surface area contributed by atoms with Gasteiger partial charge in [-0.1, -0.05) is 17.7 Å². The van der Waals surface area contributed by atoms with Gasteiger partial charge in [0, 0.05) is 0 Å². The maximum atomic E-state index is 11.6. The van der Waals surface area contributed by atoms with Gasteiger partial charge in [-0.05, 0) is 19.1 Å². The van der Waals surface area contributed by atoms with E-state index in [0.29, 0.717) is 5.69 Å². The summed E-state index contributed by atoms with van der Waals surface area (Å²) >= 11 is 0. The van der Waals surface area contributed by atoms with Crippen molar-refractivity contribution in [2.24, 2.45) is 0 Å². The molecule has 0 bridgehead atoms. The number of amides is 2. The van der Waals surface area contributed by atoms with Crippen molar-refractivity contribution in [2.45, 2.75) is 6.92 Å². The summed E-state index contributed by atoms with van der Waals surface area (Å²) < 4.78 is 0. The first-order valence-electron chi connectivity index (χ1n) is 4.67. The summed E-state index contributed by atoms with van der Waals surface area (Å²) in [4.78, 5) is 22.8. The van der Waals surface area contributed by atoms with Gasteiger partial charge in [-0.15, -0.1) is 6.26 Å². The summed E-state index contributed by atoms with van der Waals surface area (Å²) in [5.74, 6) is -1.29. The van der Waals surface area contributed by atoms with E-state index in [2.05, 4.69) is 5.43 Å². The SMILES string of the molecule is Cc1ccc(N2NC(=O)/C(=C/[O-])C2=O)cc1.[K+]. The summed E-state index contributed by atoms with van der Waals surface area (Å²) in [5, 5.41) is 11.6. The Hall–Kier alpha value is -0.664. The molecule has 1 heterocycles. The molecule has 17 heavy (non-hydrogen) atoms. The van der Waals surface area contributed by atoms with Crippen molar-refractivity contribution < 1.29 is 66.1 Å². The van der Waals surface area contributed by atoms with Gasteiger partial charge in [-0.2, -0.15) is 0 Å². The van der Waals surface area contributed by atoms with Crippen LogP contribution in [0.3, 0.4) is 0 Å². The molecule has 0 aliphatic carbocycles. The fourth-order valence-corrected chi connectivity index (χ4v) is 1.41. The molecule has 0 saturated carbocycles. The van der Waals surface area contributed by atoms with E-state index in [4.69, 9.17) is 0 Å². The van der Waals surface area contributed by atoms with Crippen LogP contribution in [0.1, 0.15) is 5.56 Å². The van der Waals surface area contributed by atoms with Crippen molar-refractivity contribution >= 4 is 17.5 Å². The number of benzene rings is 1. The Morgan fingerprint density at radius 1 is 1.24 bits per heavy atom. The van der Waals surface area contributed by atoms with Crippen LogP contribution in [0.5, 0.6) is 0 Å². The molecule has 1 aliphatic heterocycles. The predicted octanol–water partition coefficient (Wildman–Crippen LogP) is -3.38. The van der Waals surface area contributed by atoms with Crippen LogP contribution in [0.15, 0.2) is 36.1 Å². The maximum absolute atomic E-state index is 11.6. The summed E-state index contributed by atoms with van der Waals surface area (Å²) in [5.41, 5.74) is 3.51. The summed E-state index contributed by atoms with van der Waals surface area (Å²) in [6.07, 6.45) is 0.270. The largest absolute Gasteiger partial charge is 1.00 e. The fraction of sp³-hybridized carbons (Fsp3) is 0.0909. The van der Waals surface area contributed by atoms with E-state index in [1.165, 1.54) is 0 Å². The summed E-state index contributed by atoms with van der Waals surface area (Å²) in [6.45, 7) is 1.91. The number of hydrogen-bond acceptors (Lipinski definition) is 3. The van der Waals surface area contributed by atoms with Gasteiger partial charge in [0.1, 0.15) is 0 Å². The standard InChI is InChI=1S/C11H10N2O3.K/c1-7-2-4-8(5-3-7)13-11(16)9(6-14)10(15)12-13;/h2-6,14H,1H3,(H,12,15);/q;+1/p-1/b9-6-;. The Morgan fingerprint density at radius 2 is 1.82 bits per heavy atom. The van der Waals surface area contributed by atoms with E-state index in [9.17, 15) is 14.7 Å². The van der Waals surface area contributed by atoms with Crippen LogP contribution in [-0.2, 0) is 9.59 Å². The first-order chi connectivity index (χ1) is 7.63. The summed E-state index contributed by atoms with van der Waals surface area (Å²) in [6, 6.07) is 7.02. The van der Waals surface area contributed by atoms with Gasteiger partial charge < -0.3 is 5.11 Å². The number of carbonyl (C=O) groups excluding carboxylic acids is 2. The molecule has 6 heteroatoms. The smallest absolute Gasteiger partial charge is 0.877 e. The van der Waals surface area contributed by atoms with Crippen molar-refractivity contribution in [3.8, 4) is 0 Å². The number of rotatable bonds is 1. The van der Waals surface area contributed by atoms with Crippen LogP contribution in [0, 0.1) is 6.92 Å². The Kier molecular flexibility index (Phi) is 4.90. The second-order valence-corrected chi connectivity index (χ2v) is 3.45. The van der Waals surface area contributed by atoms with Crippen LogP contribution >= 0.6 is 0 Å². The number of nitrogens with zero attached hydrogens (tertiary/aromatic N) is 1. The molecule has 1 aromatic carbocycles. The third kappa shape index (κ3) is 2.78. The number of aryl methyl sites for hydroxylation is 1. The van der Waals surface area contributed by atoms with Gasteiger partial charge in [0.15, 0.2) is 0 Å². The first kappa shape index (κ1) is 14.4. The van der Waals surface area contributed by atoms with Crippen LogP contribution < -0.4 is 66.9 Å². The minimum absolute atomic E-state index is 0. The molecule has 5 nitrogen and oxygen atoms in total. The quantitative estimate of drug-likeness (QED) is 0.247. The second-order valence-electron chi connectivity index (χ2n) is 3.45. The van der Waals surface area contributed by atoms with Crippen LogP contribution in [0.2, 0.25) is 0 Å². The molecular formula is C11H9KN2O3. The number of hydrazine groups is 1. The van der Waals surface area contributed by atoms with Crippen LogP contribution in [0.4, 0.5) is 5.69 Å². The van der Waals surface area contributed by atoms with E-state index in [1.807, 2.05) is 19.1 Å². The molecule has 0 aromatic heterocycles. The van der Waals surface area contributed by atoms with Crippen LogP contribution in [0.25, 0.3) is 0 Å². The van der Waals surface area contributed by atoms with E-state index in [0.717, 1.165) is 10.6 Å². The van der Waals surface area contributed by atoms with Crippen LogP contribution in [-0.4, -0.2) is 11.8 Å². The average molecular weight is 256 g/mol. The zero-order chi connectivity index (χ0) is 11.7. The molecule has 2 rings (SSSR count). The molecule has 1 aliphatic rings. The molecule has 2 amide bonds. The molecule has 0 unspecified atom stereocenters. The van der Waals surface area contributed by atoms with E-state index in [-0.39, 0.29) is 63.2 Å². The predicted molar refractivity (Wildman–Crippen MR) is 54.9 cm³/mol. The van der Waals surface area contributed by atoms with Crippen molar-refractivity contribution in [3.63, 3.8) is 0 Å². The van der Waals surface area contributed by atoms with Crippen molar-refractivity contribution in [2.75, 3.05) is 5.01 Å². The van der Waals surface area contributed by atoms with E-state index < -0.39 is 11.8 Å².